The Balaban J connectivity index is 1.87. The van der Waals surface area contributed by atoms with Gasteiger partial charge in [0.1, 0.15) is 17.6 Å². The number of benzene rings is 2. The van der Waals surface area contributed by atoms with E-state index in [1.54, 1.807) is 13.0 Å². The lowest BCUT2D eigenvalue weighted by Gasteiger charge is -2.16. The van der Waals surface area contributed by atoms with Crippen molar-refractivity contribution in [2.75, 3.05) is 5.32 Å². The molecule has 1 aromatic heterocycles. The van der Waals surface area contributed by atoms with Crippen LogP contribution in [0.25, 0.3) is 11.3 Å². The summed E-state index contributed by atoms with van der Waals surface area (Å²) in [6.07, 6.45) is -4.85. The van der Waals surface area contributed by atoms with Gasteiger partial charge in [-0.25, -0.2) is 9.07 Å². The largest absolute Gasteiger partial charge is 0.573 e. The van der Waals surface area contributed by atoms with E-state index in [2.05, 4.69) is 15.2 Å². The van der Waals surface area contributed by atoms with E-state index in [4.69, 9.17) is 0 Å². The van der Waals surface area contributed by atoms with Crippen LogP contribution >= 0.6 is 0 Å². The number of halogens is 4. The first kappa shape index (κ1) is 22.0. The van der Waals surface area contributed by atoms with Crippen LogP contribution in [0.5, 0.6) is 5.75 Å². The molecule has 2 aromatic carbocycles. The second kappa shape index (κ2) is 8.58. The van der Waals surface area contributed by atoms with Crippen LogP contribution in [0.4, 0.5) is 23.2 Å². The number of nitrogens with one attached hydrogen (secondary N) is 1. The van der Waals surface area contributed by atoms with Gasteiger partial charge in [0.15, 0.2) is 0 Å². The average molecular weight is 435 g/mol. The quantitative estimate of drug-likeness (QED) is 0.601. The number of aryl methyl sites for hydroxylation is 1. The number of alkyl halides is 3. The van der Waals surface area contributed by atoms with Gasteiger partial charge in [-0.15, -0.1) is 13.2 Å². The Morgan fingerprint density at radius 1 is 1.13 bits per heavy atom. The fourth-order valence-electron chi connectivity index (χ4n) is 2.88. The number of hydrogen-bond donors (Lipinski definition) is 1. The topological polar surface area (TPSA) is 73.2 Å². The maximum atomic E-state index is 13.5. The van der Waals surface area contributed by atoms with Crippen molar-refractivity contribution in [3.63, 3.8) is 0 Å². The Morgan fingerprint density at radius 2 is 1.87 bits per heavy atom. The minimum Gasteiger partial charge on any atom is -0.406 e. The Bertz CT molecular complexity index is 1150. The minimum absolute atomic E-state index is 0.161. The summed E-state index contributed by atoms with van der Waals surface area (Å²) in [6, 6.07) is 10.5. The third-order valence-electron chi connectivity index (χ3n) is 4.24. The zero-order chi connectivity index (χ0) is 22.8. The van der Waals surface area contributed by atoms with Crippen LogP contribution in [0.1, 0.15) is 18.5 Å². The smallest absolute Gasteiger partial charge is 0.406 e. The molecule has 10 heteroatoms. The van der Waals surface area contributed by atoms with Crippen molar-refractivity contribution in [1.29, 1.82) is 0 Å². The third-order valence-corrected chi connectivity index (χ3v) is 4.24. The molecule has 162 valence electrons. The van der Waals surface area contributed by atoms with Crippen LogP contribution in [0, 0.1) is 12.7 Å². The fourth-order valence-corrected chi connectivity index (χ4v) is 2.88. The Hall–Kier alpha value is -3.69. The Labute approximate surface area is 174 Å². The maximum Gasteiger partial charge on any atom is 0.573 e. The molecule has 1 atom stereocenters. The summed E-state index contributed by atoms with van der Waals surface area (Å²) in [7, 11) is 0. The first-order chi connectivity index (χ1) is 14.5. The second-order valence-electron chi connectivity index (χ2n) is 6.76. The summed E-state index contributed by atoms with van der Waals surface area (Å²) >= 11 is 0. The minimum atomic E-state index is -4.85. The molecule has 3 aromatic rings. The molecule has 1 heterocycles. The number of carbonyl (C=O) groups excluding carboxylic acids is 1. The summed E-state index contributed by atoms with van der Waals surface area (Å²) in [6.45, 7) is 3.08. The Morgan fingerprint density at radius 3 is 2.55 bits per heavy atom. The van der Waals surface area contributed by atoms with E-state index >= 15 is 0 Å². The predicted molar refractivity (Wildman–Crippen MR) is 105 cm³/mol. The van der Waals surface area contributed by atoms with Gasteiger partial charge in [0.05, 0.1) is 5.69 Å². The molecular formula is C21H17F4N3O3. The van der Waals surface area contributed by atoms with Crippen LogP contribution < -0.4 is 15.6 Å². The first-order valence-corrected chi connectivity index (χ1v) is 9.06. The van der Waals surface area contributed by atoms with Crippen molar-refractivity contribution in [2.24, 2.45) is 0 Å². The molecular weight excluding hydrogens is 418 g/mol. The van der Waals surface area contributed by atoms with E-state index in [-0.39, 0.29) is 16.9 Å². The average Bonchev–Trinajstić information content (AvgIpc) is 2.66. The summed E-state index contributed by atoms with van der Waals surface area (Å²) in [5.41, 5.74) is 0.638. The number of rotatable bonds is 5. The van der Waals surface area contributed by atoms with Gasteiger partial charge in [-0.3, -0.25) is 9.59 Å². The van der Waals surface area contributed by atoms with Gasteiger partial charge in [0.25, 0.3) is 5.56 Å². The van der Waals surface area contributed by atoms with E-state index in [1.807, 2.05) is 0 Å². The summed E-state index contributed by atoms with van der Waals surface area (Å²) < 4.78 is 55.7. The molecule has 0 aliphatic carbocycles. The van der Waals surface area contributed by atoms with Crippen LogP contribution in [-0.4, -0.2) is 22.1 Å². The van der Waals surface area contributed by atoms with Crippen molar-refractivity contribution in [3.05, 3.63) is 76.3 Å². The lowest BCUT2D eigenvalue weighted by atomic mass is 10.1. The van der Waals surface area contributed by atoms with Gasteiger partial charge in [-0.05, 0) is 55.8 Å². The standard InChI is InChI=1S/C21H17F4N3O3/c1-12-8-15(22)11-16(9-12)26-20(30)13(2)28-19(29)7-6-18(27-28)14-4-3-5-17(10-14)31-21(23,24)25/h3-11,13H,1-2H3,(H,26,30). The fraction of sp³-hybridized carbons (Fsp3) is 0.190. The number of hydrogen-bond acceptors (Lipinski definition) is 4. The molecule has 0 aliphatic heterocycles. The molecule has 0 fully saturated rings. The van der Waals surface area contributed by atoms with Gasteiger partial charge >= 0.3 is 6.36 Å². The number of amides is 1. The molecule has 0 aliphatic rings. The van der Waals surface area contributed by atoms with Crippen molar-refractivity contribution in [3.8, 4) is 17.0 Å². The molecule has 0 saturated heterocycles. The lowest BCUT2D eigenvalue weighted by molar-refractivity contribution is -0.274. The maximum absolute atomic E-state index is 13.5. The van der Waals surface area contributed by atoms with Crippen molar-refractivity contribution >= 4 is 11.6 Å². The van der Waals surface area contributed by atoms with Crippen LogP contribution in [0.2, 0.25) is 0 Å². The molecule has 1 unspecified atom stereocenters. The van der Waals surface area contributed by atoms with Crippen molar-refractivity contribution in [2.45, 2.75) is 26.3 Å². The third kappa shape index (κ3) is 5.68. The number of anilines is 1. The second-order valence-corrected chi connectivity index (χ2v) is 6.76. The first-order valence-electron chi connectivity index (χ1n) is 9.06. The molecule has 31 heavy (non-hydrogen) atoms. The monoisotopic (exact) mass is 435 g/mol. The molecule has 6 nitrogen and oxygen atoms in total. The van der Waals surface area contributed by atoms with Crippen molar-refractivity contribution < 1.29 is 27.1 Å². The molecule has 3 rings (SSSR count). The van der Waals surface area contributed by atoms with Gasteiger partial charge in [0, 0.05) is 17.3 Å². The zero-order valence-electron chi connectivity index (χ0n) is 16.4. The highest BCUT2D eigenvalue weighted by Gasteiger charge is 2.31. The van der Waals surface area contributed by atoms with Crippen LogP contribution in [0.3, 0.4) is 0 Å². The molecule has 1 N–H and O–H groups in total. The Kier molecular flexibility index (Phi) is 6.09. The molecule has 0 radical (unpaired) electrons. The van der Waals surface area contributed by atoms with Gasteiger partial charge in [0.2, 0.25) is 5.91 Å². The van der Waals surface area contributed by atoms with Crippen LogP contribution in [0.15, 0.2) is 59.4 Å². The van der Waals surface area contributed by atoms with E-state index in [0.29, 0.717) is 5.56 Å². The van der Waals surface area contributed by atoms with Gasteiger partial charge in [-0.2, -0.15) is 5.10 Å². The summed E-state index contributed by atoms with van der Waals surface area (Å²) in [5.74, 6) is -1.59. The molecule has 0 saturated carbocycles. The van der Waals surface area contributed by atoms with E-state index in [0.717, 1.165) is 28.9 Å². The van der Waals surface area contributed by atoms with Crippen molar-refractivity contribution in [1.82, 2.24) is 9.78 Å². The van der Waals surface area contributed by atoms with Crippen LogP contribution in [-0.2, 0) is 4.79 Å². The van der Waals surface area contributed by atoms with E-state index < -0.39 is 35.4 Å². The number of aromatic nitrogens is 2. The lowest BCUT2D eigenvalue weighted by Crippen LogP contribution is -2.33. The highest BCUT2D eigenvalue weighted by Crippen LogP contribution is 2.27. The van der Waals surface area contributed by atoms with E-state index in [9.17, 15) is 27.2 Å². The summed E-state index contributed by atoms with van der Waals surface area (Å²) in [5, 5.41) is 6.63. The van der Waals surface area contributed by atoms with Gasteiger partial charge < -0.3 is 10.1 Å². The summed E-state index contributed by atoms with van der Waals surface area (Å²) in [4.78, 5) is 24.8. The number of carbonyl (C=O) groups is 1. The molecule has 1 amide bonds. The number of ether oxygens (including phenoxy) is 1. The molecule has 0 bridgehead atoms. The highest BCUT2D eigenvalue weighted by molar-refractivity contribution is 5.93. The SMILES string of the molecule is Cc1cc(F)cc(NC(=O)C(C)n2nc(-c3cccc(OC(F)(F)F)c3)ccc2=O)c1. The highest BCUT2D eigenvalue weighted by atomic mass is 19.4. The zero-order valence-corrected chi connectivity index (χ0v) is 16.4. The molecule has 0 spiro atoms. The number of nitrogens with zero attached hydrogens (tertiary/aromatic N) is 2. The van der Waals surface area contributed by atoms with Gasteiger partial charge in [-0.1, -0.05) is 12.1 Å². The predicted octanol–water partition coefficient (Wildman–Crippen LogP) is 4.46. The van der Waals surface area contributed by atoms with E-state index in [1.165, 1.54) is 31.2 Å². The normalized spacial score (nSPS) is 12.3.